The molecule has 1 atom stereocenters. The van der Waals surface area contributed by atoms with Crippen LogP contribution in [-0.2, 0) is 0 Å². The zero-order valence-corrected chi connectivity index (χ0v) is 12.5. The number of benzene rings is 2. The third-order valence-corrected chi connectivity index (χ3v) is 4.44. The molecule has 0 spiro atoms. The van der Waals surface area contributed by atoms with E-state index in [4.69, 9.17) is 16.3 Å². The molecule has 0 aliphatic heterocycles. The van der Waals surface area contributed by atoms with Gasteiger partial charge in [-0.05, 0) is 38.5 Å². The van der Waals surface area contributed by atoms with Crippen molar-refractivity contribution in [3.05, 3.63) is 58.6 Å². The molecular weight excluding hydrogens is 286 g/mol. The van der Waals surface area contributed by atoms with Crippen LogP contribution in [0.15, 0.2) is 42.5 Å². The number of ether oxygens (including phenoxy) is 1. The summed E-state index contributed by atoms with van der Waals surface area (Å²) in [6.45, 7) is 2.00. The summed E-state index contributed by atoms with van der Waals surface area (Å²) in [7, 11) is 1.59. The summed E-state index contributed by atoms with van der Waals surface area (Å²) in [6.07, 6.45) is 0. The second kappa shape index (κ2) is 7.86. The van der Waals surface area contributed by atoms with Crippen molar-refractivity contribution < 1.29 is 9.53 Å². The maximum atomic E-state index is 12.4. The Morgan fingerprint density at radius 1 is 1.15 bits per heavy atom. The third-order valence-electron chi connectivity index (χ3n) is 2.82. The molecule has 2 aromatic rings. The molecule has 0 heterocycles. The van der Waals surface area contributed by atoms with Crippen LogP contribution < -0.4 is 10.0 Å². The molecule has 0 fully saturated rings. The number of hydrogen-bond acceptors (Lipinski definition) is 2. The quantitative estimate of drug-likeness (QED) is 0.640. The fraction of sp³-hybridized carbons (Fsp3) is 0.133. The topological polar surface area (TPSA) is 26.3 Å². The van der Waals surface area contributed by atoms with E-state index in [-0.39, 0.29) is 33.0 Å². The Hall–Kier alpha value is -0.773. The Balaban J connectivity index is 0.00000200. The molecule has 0 saturated carbocycles. The number of rotatable bonds is 4. The first-order valence-electron chi connectivity index (χ1n) is 5.83. The molecule has 2 rings (SSSR count). The van der Waals surface area contributed by atoms with Crippen LogP contribution in [0.2, 0.25) is 5.02 Å². The Labute approximate surface area is 137 Å². The maximum absolute atomic E-state index is 12.4. The normalized spacial score (nSPS) is 10.3. The van der Waals surface area contributed by atoms with Gasteiger partial charge in [-0.3, -0.25) is 4.79 Å². The summed E-state index contributed by atoms with van der Waals surface area (Å²) in [5, 5.41) is 1.47. The van der Waals surface area contributed by atoms with Crippen LogP contribution >= 0.6 is 20.2 Å². The number of carbonyl (C=O) groups is 1. The molecule has 0 aliphatic rings. The van der Waals surface area contributed by atoms with Gasteiger partial charge in [0.2, 0.25) is 0 Å². The third kappa shape index (κ3) is 3.87. The van der Waals surface area contributed by atoms with Crippen molar-refractivity contribution in [1.29, 1.82) is 0 Å². The van der Waals surface area contributed by atoms with E-state index < -0.39 is 0 Å². The van der Waals surface area contributed by atoms with Crippen molar-refractivity contribution in [1.82, 2.24) is 0 Å². The Morgan fingerprint density at radius 2 is 1.85 bits per heavy atom. The molecule has 0 saturated heterocycles. The molecule has 1 unspecified atom stereocenters. The fourth-order valence-corrected chi connectivity index (χ4v) is 3.21. The van der Waals surface area contributed by atoms with Gasteiger partial charge in [0.25, 0.3) is 0 Å². The molecule has 0 amide bonds. The van der Waals surface area contributed by atoms with Crippen LogP contribution in [0.4, 0.5) is 0 Å². The first-order valence-corrected chi connectivity index (χ1v) is 7.20. The number of aryl methyl sites for hydroxylation is 1. The second-order valence-electron chi connectivity index (χ2n) is 4.09. The minimum atomic E-state index is -0.00301. The molecule has 20 heavy (non-hydrogen) atoms. The number of halogens is 1. The van der Waals surface area contributed by atoms with E-state index in [1.807, 2.05) is 31.2 Å². The van der Waals surface area contributed by atoms with Crippen LogP contribution in [0.5, 0.6) is 5.75 Å². The van der Waals surface area contributed by atoms with Crippen molar-refractivity contribution in [2.75, 3.05) is 7.11 Å². The standard InChI is InChI=1S/C15H14ClO2P.Li.H/c1-10-6-3-4-9-13(10)19-15(17)14-11(16)7-5-8-12(14)18-2;;/h3-9,19H,1-2H3;;. The first-order chi connectivity index (χ1) is 9.13. The van der Waals surface area contributed by atoms with Gasteiger partial charge < -0.3 is 4.74 Å². The Kier molecular flexibility index (Phi) is 6.79. The molecule has 0 aromatic heterocycles. The van der Waals surface area contributed by atoms with E-state index in [0.29, 0.717) is 16.3 Å². The van der Waals surface area contributed by atoms with E-state index in [1.54, 1.807) is 25.3 Å². The summed E-state index contributed by atoms with van der Waals surface area (Å²) >= 11 is 6.11. The van der Waals surface area contributed by atoms with Crippen molar-refractivity contribution in [2.24, 2.45) is 0 Å². The van der Waals surface area contributed by atoms with Gasteiger partial charge in [-0.1, -0.05) is 41.9 Å². The van der Waals surface area contributed by atoms with E-state index in [2.05, 4.69) is 0 Å². The molecule has 0 radical (unpaired) electrons. The van der Waals surface area contributed by atoms with Crippen molar-refractivity contribution in [2.45, 2.75) is 6.92 Å². The van der Waals surface area contributed by atoms with Gasteiger partial charge in [0.05, 0.1) is 17.7 Å². The SMILES string of the molecule is COc1cccc(Cl)c1C(=O)Pc1ccccc1C.[LiH]. The molecule has 2 aromatic carbocycles. The molecule has 0 aliphatic carbocycles. The summed E-state index contributed by atoms with van der Waals surface area (Å²) in [4.78, 5) is 12.4. The van der Waals surface area contributed by atoms with Gasteiger partial charge in [0.15, 0.2) is 5.52 Å². The van der Waals surface area contributed by atoms with Gasteiger partial charge >= 0.3 is 18.9 Å². The average Bonchev–Trinajstić information content (AvgIpc) is 2.40. The molecule has 0 bridgehead atoms. The number of hydrogen-bond donors (Lipinski definition) is 0. The molecule has 5 heteroatoms. The van der Waals surface area contributed by atoms with E-state index in [0.717, 1.165) is 10.9 Å². The summed E-state index contributed by atoms with van der Waals surface area (Å²) in [6, 6.07) is 13.1. The Bertz CT molecular complexity index is 617. The zero-order valence-electron chi connectivity index (χ0n) is 10.7. The molecule has 100 valence electrons. The van der Waals surface area contributed by atoms with Gasteiger partial charge in [-0.2, -0.15) is 0 Å². The van der Waals surface area contributed by atoms with Crippen LogP contribution in [-0.4, -0.2) is 31.5 Å². The second-order valence-corrected chi connectivity index (χ2v) is 5.74. The van der Waals surface area contributed by atoms with Gasteiger partial charge in [0, 0.05) is 0 Å². The predicted molar refractivity (Wildman–Crippen MR) is 88.6 cm³/mol. The van der Waals surface area contributed by atoms with Crippen molar-refractivity contribution >= 4 is 49.9 Å². The molecular formula is C15H15ClLiO2P. The van der Waals surface area contributed by atoms with Gasteiger partial charge in [-0.15, -0.1) is 0 Å². The molecule has 2 nitrogen and oxygen atoms in total. The average molecular weight is 301 g/mol. The monoisotopic (exact) mass is 300 g/mol. The number of methoxy groups -OCH3 is 1. The van der Waals surface area contributed by atoms with E-state index >= 15 is 0 Å². The van der Waals surface area contributed by atoms with Gasteiger partial charge in [-0.25, -0.2) is 0 Å². The van der Waals surface area contributed by atoms with E-state index in [1.165, 1.54) is 0 Å². The molecule has 0 N–H and O–H groups in total. The summed E-state index contributed by atoms with van der Waals surface area (Å²) in [5.41, 5.74) is 1.57. The predicted octanol–water partition coefficient (Wildman–Crippen LogP) is 3.15. The van der Waals surface area contributed by atoms with Crippen molar-refractivity contribution in [3.63, 3.8) is 0 Å². The van der Waals surface area contributed by atoms with Crippen LogP contribution in [0.1, 0.15) is 15.9 Å². The number of carbonyl (C=O) groups excluding carboxylic acids is 1. The van der Waals surface area contributed by atoms with E-state index in [9.17, 15) is 4.79 Å². The minimum absolute atomic E-state index is 0. The van der Waals surface area contributed by atoms with Crippen LogP contribution in [0.3, 0.4) is 0 Å². The zero-order chi connectivity index (χ0) is 13.8. The summed E-state index contributed by atoms with van der Waals surface area (Å²) < 4.78 is 5.21. The van der Waals surface area contributed by atoms with Crippen LogP contribution in [0.25, 0.3) is 0 Å². The first kappa shape index (κ1) is 17.3. The van der Waals surface area contributed by atoms with Crippen LogP contribution in [0, 0.1) is 6.92 Å². The summed E-state index contributed by atoms with van der Waals surface area (Å²) in [5.74, 6) is 0.526. The Morgan fingerprint density at radius 3 is 2.50 bits per heavy atom. The van der Waals surface area contributed by atoms with Crippen molar-refractivity contribution in [3.8, 4) is 5.75 Å². The fourth-order valence-electron chi connectivity index (χ4n) is 1.79. The van der Waals surface area contributed by atoms with Gasteiger partial charge in [0.1, 0.15) is 5.75 Å².